The first kappa shape index (κ1) is 13.0. The van der Waals surface area contributed by atoms with Gasteiger partial charge in [-0.1, -0.05) is 23.8 Å². The van der Waals surface area contributed by atoms with Gasteiger partial charge in [0.25, 0.3) is 0 Å². The van der Waals surface area contributed by atoms with Crippen molar-refractivity contribution >= 4 is 5.82 Å². The quantitative estimate of drug-likeness (QED) is 0.896. The van der Waals surface area contributed by atoms with Gasteiger partial charge in [-0.2, -0.15) is 0 Å². The van der Waals surface area contributed by atoms with Crippen LogP contribution >= 0.6 is 0 Å². The van der Waals surface area contributed by atoms with Crippen LogP contribution in [0, 0.1) is 13.8 Å². The Bertz CT molecular complexity index is 605. The molecule has 1 aliphatic heterocycles. The van der Waals surface area contributed by atoms with E-state index < -0.39 is 0 Å². The van der Waals surface area contributed by atoms with E-state index in [2.05, 4.69) is 57.4 Å². The average molecular weight is 269 g/mol. The van der Waals surface area contributed by atoms with Crippen molar-refractivity contribution in [2.24, 2.45) is 0 Å². The molecule has 0 atom stereocenters. The van der Waals surface area contributed by atoms with E-state index in [9.17, 15) is 0 Å². The molecule has 1 saturated heterocycles. The first-order valence-corrected chi connectivity index (χ1v) is 6.96. The van der Waals surface area contributed by atoms with Crippen molar-refractivity contribution in [1.29, 1.82) is 0 Å². The molecule has 1 aliphatic rings. The molecule has 5 nitrogen and oxygen atoms in total. The molecule has 2 aromatic rings. The van der Waals surface area contributed by atoms with Crippen LogP contribution in [0.15, 0.2) is 24.5 Å². The number of aryl methyl sites for hydroxylation is 2. The molecule has 0 aliphatic carbocycles. The second-order valence-electron chi connectivity index (χ2n) is 5.19. The first-order valence-electron chi connectivity index (χ1n) is 6.96. The van der Waals surface area contributed by atoms with Crippen LogP contribution in [0.3, 0.4) is 0 Å². The number of anilines is 1. The predicted molar refractivity (Wildman–Crippen MR) is 79.8 cm³/mol. The van der Waals surface area contributed by atoms with E-state index in [1.165, 1.54) is 17.5 Å². The Labute approximate surface area is 119 Å². The number of piperazine rings is 1. The highest BCUT2D eigenvalue weighted by Crippen LogP contribution is 2.29. The fraction of sp³-hybridized carbons (Fsp3) is 0.400. The molecule has 104 valence electrons. The van der Waals surface area contributed by atoms with E-state index in [0.717, 1.165) is 43.3 Å². The SMILES string of the molecule is Cc1ccc(-c2nncnc2N2CCNCC2)c(C)c1. The van der Waals surface area contributed by atoms with Gasteiger partial charge in [-0.05, 0) is 19.4 Å². The molecule has 20 heavy (non-hydrogen) atoms. The molecule has 3 rings (SSSR count). The molecule has 0 saturated carbocycles. The maximum Gasteiger partial charge on any atom is 0.159 e. The van der Waals surface area contributed by atoms with Crippen molar-refractivity contribution in [3.63, 3.8) is 0 Å². The maximum atomic E-state index is 4.47. The summed E-state index contributed by atoms with van der Waals surface area (Å²) < 4.78 is 0. The van der Waals surface area contributed by atoms with Gasteiger partial charge < -0.3 is 10.2 Å². The minimum atomic E-state index is 0.881. The molecule has 1 N–H and O–H groups in total. The maximum absolute atomic E-state index is 4.47. The Morgan fingerprint density at radius 1 is 1.15 bits per heavy atom. The van der Waals surface area contributed by atoms with E-state index in [-0.39, 0.29) is 0 Å². The second kappa shape index (κ2) is 5.54. The molecule has 0 unspecified atom stereocenters. The number of hydrogen-bond donors (Lipinski definition) is 1. The predicted octanol–water partition coefficient (Wildman–Crippen LogP) is 1.57. The van der Waals surface area contributed by atoms with Crippen molar-refractivity contribution in [2.75, 3.05) is 31.1 Å². The average Bonchev–Trinajstić information content (AvgIpc) is 2.48. The van der Waals surface area contributed by atoms with Crippen molar-refractivity contribution in [1.82, 2.24) is 20.5 Å². The van der Waals surface area contributed by atoms with E-state index in [4.69, 9.17) is 0 Å². The Morgan fingerprint density at radius 3 is 2.70 bits per heavy atom. The van der Waals surface area contributed by atoms with Gasteiger partial charge in [0.2, 0.25) is 0 Å². The van der Waals surface area contributed by atoms with Crippen LogP contribution in [0.2, 0.25) is 0 Å². The van der Waals surface area contributed by atoms with Crippen molar-refractivity contribution in [2.45, 2.75) is 13.8 Å². The standard InChI is InChI=1S/C15H19N5/c1-11-3-4-13(12(2)9-11)14-15(17-10-18-19-14)20-7-5-16-6-8-20/h3-4,9-10,16H,5-8H2,1-2H3. The third-order valence-electron chi connectivity index (χ3n) is 3.65. The Hall–Kier alpha value is -2.01. The molecule has 0 radical (unpaired) electrons. The van der Waals surface area contributed by atoms with E-state index in [1.807, 2.05) is 0 Å². The molecule has 0 bridgehead atoms. The van der Waals surface area contributed by atoms with Gasteiger partial charge in [-0.3, -0.25) is 0 Å². The minimum absolute atomic E-state index is 0.881. The number of nitrogens with one attached hydrogen (secondary N) is 1. The van der Waals surface area contributed by atoms with Crippen LogP contribution < -0.4 is 10.2 Å². The highest BCUT2D eigenvalue weighted by atomic mass is 15.3. The second-order valence-corrected chi connectivity index (χ2v) is 5.19. The summed E-state index contributed by atoms with van der Waals surface area (Å²) in [5.74, 6) is 0.938. The Morgan fingerprint density at radius 2 is 1.95 bits per heavy atom. The summed E-state index contributed by atoms with van der Waals surface area (Å²) >= 11 is 0. The van der Waals surface area contributed by atoms with Crippen LogP contribution in [-0.2, 0) is 0 Å². The molecule has 1 aromatic heterocycles. The molecule has 1 aromatic carbocycles. The fourth-order valence-corrected chi connectivity index (χ4v) is 2.63. The van der Waals surface area contributed by atoms with Crippen LogP contribution in [0.4, 0.5) is 5.82 Å². The zero-order valence-corrected chi connectivity index (χ0v) is 11.9. The zero-order valence-electron chi connectivity index (χ0n) is 11.9. The molecular formula is C15H19N5. The van der Waals surface area contributed by atoms with Gasteiger partial charge in [0.1, 0.15) is 12.0 Å². The third kappa shape index (κ3) is 2.49. The van der Waals surface area contributed by atoms with Gasteiger partial charge in [-0.25, -0.2) is 4.98 Å². The van der Waals surface area contributed by atoms with Crippen LogP contribution in [0.25, 0.3) is 11.3 Å². The number of rotatable bonds is 2. The van der Waals surface area contributed by atoms with Crippen molar-refractivity contribution in [3.05, 3.63) is 35.7 Å². The highest BCUT2D eigenvalue weighted by molar-refractivity contribution is 5.74. The van der Waals surface area contributed by atoms with E-state index in [0.29, 0.717) is 0 Å². The van der Waals surface area contributed by atoms with Crippen LogP contribution in [0.5, 0.6) is 0 Å². The molecule has 0 amide bonds. The fourth-order valence-electron chi connectivity index (χ4n) is 2.63. The highest BCUT2D eigenvalue weighted by Gasteiger charge is 2.18. The number of nitrogens with zero attached hydrogens (tertiary/aromatic N) is 4. The van der Waals surface area contributed by atoms with Crippen molar-refractivity contribution in [3.8, 4) is 11.3 Å². The normalized spacial score (nSPS) is 15.4. The lowest BCUT2D eigenvalue weighted by Crippen LogP contribution is -2.44. The molecule has 2 heterocycles. The number of aromatic nitrogens is 3. The monoisotopic (exact) mass is 269 g/mol. The zero-order chi connectivity index (χ0) is 13.9. The van der Waals surface area contributed by atoms with Crippen LogP contribution in [-0.4, -0.2) is 41.4 Å². The van der Waals surface area contributed by atoms with Gasteiger partial charge in [0, 0.05) is 31.7 Å². The molecular weight excluding hydrogens is 250 g/mol. The van der Waals surface area contributed by atoms with Gasteiger partial charge >= 0.3 is 0 Å². The van der Waals surface area contributed by atoms with Crippen LogP contribution in [0.1, 0.15) is 11.1 Å². The topological polar surface area (TPSA) is 53.9 Å². The smallest absolute Gasteiger partial charge is 0.159 e. The lowest BCUT2D eigenvalue weighted by atomic mass is 10.0. The van der Waals surface area contributed by atoms with Gasteiger partial charge in [-0.15, -0.1) is 10.2 Å². The molecule has 5 heteroatoms. The first-order chi connectivity index (χ1) is 9.75. The number of hydrogen-bond acceptors (Lipinski definition) is 5. The van der Waals surface area contributed by atoms with E-state index in [1.54, 1.807) is 0 Å². The van der Waals surface area contributed by atoms with Gasteiger partial charge in [0.15, 0.2) is 5.82 Å². The summed E-state index contributed by atoms with van der Waals surface area (Å²) in [5.41, 5.74) is 4.46. The summed E-state index contributed by atoms with van der Waals surface area (Å²) in [4.78, 5) is 6.74. The molecule has 1 fully saturated rings. The Kier molecular flexibility index (Phi) is 3.60. The summed E-state index contributed by atoms with van der Waals surface area (Å²) in [7, 11) is 0. The van der Waals surface area contributed by atoms with Gasteiger partial charge in [0.05, 0.1) is 0 Å². The summed E-state index contributed by atoms with van der Waals surface area (Å²) in [6.07, 6.45) is 1.53. The van der Waals surface area contributed by atoms with E-state index >= 15 is 0 Å². The Balaban J connectivity index is 2.04. The summed E-state index contributed by atoms with van der Waals surface area (Å²) in [6.45, 7) is 8.08. The molecule has 0 spiro atoms. The number of benzene rings is 1. The lowest BCUT2D eigenvalue weighted by molar-refractivity contribution is 0.583. The summed E-state index contributed by atoms with van der Waals surface area (Å²) in [6, 6.07) is 6.40. The third-order valence-corrected chi connectivity index (χ3v) is 3.65. The largest absolute Gasteiger partial charge is 0.352 e. The summed E-state index contributed by atoms with van der Waals surface area (Å²) in [5, 5.41) is 11.7. The lowest BCUT2D eigenvalue weighted by Gasteiger charge is -2.29. The van der Waals surface area contributed by atoms with Crippen molar-refractivity contribution < 1.29 is 0 Å². The minimum Gasteiger partial charge on any atom is -0.352 e.